The number of primary amides is 1. The summed E-state index contributed by atoms with van der Waals surface area (Å²) in [6.45, 7) is 5.06. The van der Waals surface area contributed by atoms with Crippen molar-refractivity contribution in [2.45, 2.75) is 32.4 Å². The predicted molar refractivity (Wildman–Crippen MR) is 143 cm³/mol. The van der Waals surface area contributed by atoms with Crippen LogP contribution in [0.4, 0.5) is 9.59 Å². The molecule has 1 aliphatic rings. The normalized spacial score (nSPS) is 15.2. The number of nitrogens with zero attached hydrogens (tertiary/aromatic N) is 3. The highest BCUT2D eigenvalue weighted by Gasteiger charge is 2.25. The summed E-state index contributed by atoms with van der Waals surface area (Å²) in [5.74, 6) is 1.64. The molecule has 1 atom stereocenters. The van der Waals surface area contributed by atoms with Crippen molar-refractivity contribution in [1.29, 1.82) is 0 Å². The number of likely N-dealkylation sites (tertiary alicyclic amines) is 1. The molecular weight excluding hydrogens is 490 g/mol. The highest BCUT2D eigenvalue weighted by molar-refractivity contribution is 5.89. The van der Waals surface area contributed by atoms with Crippen molar-refractivity contribution in [2.75, 3.05) is 39.9 Å². The van der Waals surface area contributed by atoms with E-state index in [0.717, 1.165) is 37.2 Å². The summed E-state index contributed by atoms with van der Waals surface area (Å²) in [6.07, 6.45) is 0.350. The molecule has 0 saturated carbocycles. The lowest BCUT2D eigenvalue weighted by atomic mass is 9.96. The molecule has 1 saturated heterocycles. The number of piperidine rings is 1. The van der Waals surface area contributed by atoms with Gasteiger partial charge in [-0.3, -0.25) is 9.47 Å². The van der Waals surface area contributed by atoms with Crippen LogP contribution < -0.4 is 26.2 Å². The number of aryl methyl sites for hydroxylation is 1. The number of nitrogens with two attached hydrogens (primary N) is 1. The van der Waals surface area contributed by atoms with E-state index in [4.69, 9.17) is 19.9 Å². The van der Waals surface area contributed by atoms with Crippen LogP contribution >= 0.6 is 0 Å². The average Bonchev–Trinajstić information content (AvgIpc) is 3.22. The van der Waals surface area contributed by atoms with Gasteiger partial charge in [0.15, 0.2) is 6.10 Å². The number of benzene rings is 2. The summed E-state index contributed by atoms with van der Waals surface area (Å²) in [6, 6.07) is 14.0. The number of rotatable bonds is 10. The van der Waals surface area contributed by atoms with E-state index in [1.54, 1.807) is 42.0 Å². The molecule has 1 aromatic heterocycles. The van der Waals surface area contributed by atoms with Crippen molar-refractivity contribution in [2.24, 2.45) is 11.7 Å². The molecule has 11 heteroatoms. The molecular formula is C27H35N5O6. The Bertz CT molecular complexity index is 1290. The zero-order valence-electron chi connectivity index (χ0n) is 21.8. The van der Waals surface area contributed by atoms with Gasteiger partial charge >= 0.3 is 17.8 Å². The molecule has 204 valence electrons. The van der Waals surface area contributed by atoms with Gasteiger partial charge in [0, 0.05) is 19.6 Å². The van der Waals surface area contributed by atoms with E-state index in [2.05, 4.69) is 10.2 Å². The highest BCUT2D eigenvalue weighted by atomic mass is 16.6. The number of hydrogen-bond acceptors (Lipinski definition) is 7. The zero-order chi connectivity index (χ0) is 27.1. The summed E-state index contributed by atoms with van der Waals surface area (Å²) in [5.41, 5.74) is 6.29. The quantitative estimate of drug-likeness (QED) is 0.416. The number of aromatic nitrogens is 2. The van der Waals surface area contributed by atoms with Crippen LogP contribution in [0.25, 0.3) is 11.0 Å². The van der Waals surface area contributed by atoms with Gasteiger partial charge in [-0.05, 0) is 75.2 Å². The molecule has 1 aliphatic heterocycles. The largest absolute Gasteiger partial charge is 0.497 e. The number of methoxy groups -OCH3 is 1. The fraction of sp³-hybridized carbons (Fsp3) is 0.444. The van der Waals surface area contributed by atoms with Crippen LogP contribution in [0.15, 0.2) is 53.3 Å². The van der Waals surface area contributed by atoms with Gasteiger partial charge in [-0.15, -0.1) is 0 Å². The fourth-order valence-electron chi connectivity index (χ4n) is 4.83. The molecule has 3 aromatic rings. The number of imidazole rings is 1. The summed E-state index contributed by atoms with van der Waals surface area (Å²) in [7, 11) is 1.59. The standard InChI is InChI=1S/C27H35N5O6/c1-3-31-23-6-4-5-7-24(23)32(27(31)35)26(34)29-16-19-12-14-30(15-13-19)17-22(38-25(28)33)18-37-21-10-8-20(36-2)9-11-21/h4-11,19,22H,3,12-18H2,1-2H3,(H2,28,33)(H,29,34). The Kier molecular flexibility index (Phi) is 8.90. The summed E-state index contributed by atoms with van der Waals surface area (Å²) in [5, 5.41) is 2.94. The van der Waals surface area contributed by atoms with Crippen LogP contribution in [0, 0.1) is 5.92 Å². The number of carbonyl (C=O) groups is 2. The third-order valence-electron chi connectivity index (χ3n) is 6.84. The predicted octanol–water partition coefficient (Wildman–Crippen LogP) is 2.64. The monoisotopic (exact) mass is 525 g/mol. The number of nitrogens with one attached hydrogen (secondary N) is 1. The molecule has 0 bridgehead atoms. The molecule has 1 unspecified atom stereocenters. The minimum Gasteiger partial charge on any atom is -0.497 e. The van der Waals surface area contributed by atoms with Gasteiger partial charge in [-0.25, -0.2) is 19.0 Å². The second-order valence-corrected chi connectivity index (χ2v) is 9.33. The number of carbonyl (C=O) groups excluding carboxylic acids is 2. The van der Waals surface area contributed by atoms with Gasteiger partial charge in [-0.1, -0.05) is 12.1 Å². The van der Waals surface area contributed by atoms with E-state index in [9.17, 15) is 14.4 Å². The molecule has 2 amide bonds. The summed E-state index contributed by atoms with van der Waals surface area (Å²) in [4.78, 5) is 39.4. The van der Waals surface area contributed by atoms with Gasteiger partial charge in [-0.2, -0.15) is 0 Å². The maximum atomic E-state index is 12.9. The van der Waals surface area contributed by atoms with Crippen molar-refractivity contribution < 1.29 is 23.8 Å². The molecule has 3 N–H and O–H groups in total. The molecule has 0 radical (unpaired) electrons. The fourth-order valence-corrected chi connectivity index (χ4v) is 4.83. The van der Waals surface area contributed by atoms with Crippen molar-refractivity contribution in [3.63, 3.8) is 0 Å². The van der Waals surface area contributed by atoms with Crippen LogP contribution in [0.3, 0.4) is 0 Å². The second kappa shape index (κ2) is 12.5. The first-order chi connectivity index (χ1) is 18.4. The number of fused-ring (bicyclic) bond motifs is 1. The van der Waals surface area contributed by atoms with Gasteiger partial charge < -0.3 is 25.3 Å². The topological polar surface area (TPSA) is 130 Å². The lowest BCUT2D eigenvalue weighted by Gasteiger charge is -2.33. The lowest BCUT2D eigenvalue weighted by molar-refractivity contribution is 0.0368. The van der Waals surface area contributed by atoms with Crippen molar-refractivity contribution in [1.82, 2.24) is 19.4 Å². The minimum atomic E-state index is -0.842. The van der Waals surface area contributed by atoms with E-state index < -0.39 is 18.2 Å². The molecule has 2 aromatic carbocycles. The smallest absolute Gasteiger partial charge is 0.404 e. The molecule has 2 heterocycles. The molecule has 11 nitrogen and oxygen atoms in total. The Morgan fingerprint density at radius 2 is 1.71 bits per heavy atom. The van der Waals surface area contributed by atoms with Crippen LogP contribution in [0.5, 0.6) is 11.5 Å². The molecule has 0 spiro atoms. The highest BCUT2D eigenvalue weighted by Crippen LogP contribution is 2.20. The Labute approximate surface area is 221 Å². The maximum Gasteiger partial charge on any atom is 0.404 e. The Morgan fingerprint density at radius 1 is 1.05 bits per heavy atom. The first-order valence-corrected chi connectivity index (χ1v) is 12.8. The third-order valence-corrected chi connectivity index (χ3v) is 6.84. The van der Waals surface area contributed by atoms with Crippen LogP contribution in [-0.2, 0) is 11.3 Å². The van der Waals surface area contributed by atoms with Crippen molar-refractivity contribution >= 4 is 23.2 Å². The van der Waals surface area contributed by atoms with Crippen molar-refractivity contribution in [3.8, 4) is 11.5 Å². The number of amides is 2. The van der Waals surface area contributed by atoms with Gasteiger partial charge in [0.1, 0.15) is 18.1 Å². The molecule has 1 fully saturated rings. The molecule has 0 aliphatic carbocycles. The van der Waals surface area contributed by atoms with Crippen molar-refractivity contribution in [3.05, 3.63) is 59.0 Å². The molecule has 38 heavy (non-hydrogen) atoms. The SMILES string of the molecule is CCn1c(=O)n(C(=O)NCC2CCN(CC(COc3ccc(OC)cc3)OC(N)=O)CC2)c2ccccc21. The summed E-state index contributed by atoms with van der Waals surface area (Å²) >= 11 is 0. The Balaban J connectivity index is 1.27. The zero-order valence-corrected chi connectivity index (χ0v) is 21.8. The third kappa shape index (κ3) is 6.46. The van der Waals surface area contributed by atoms with Crippen LogP contribution in [0.1, 0.15) is 19.8 Å². The first kappa shape index (κ1) is 27.1. The summed E-state index contributed by atoms with van der Waals surface area (Å²) < 4.78 is 19.0. The number of hydrogen-bond donors (Lipinski definition) is 2. The minimum absolute atomic E-state index is 0.172. The Morgan fingerprint density at radius 3 is 2.34 bits per heavy atom. The van der Waals surface area contributed by atoms with E-state index in [1.807, 2.05) is 25.1 Å². The van der Waals surface area contributed by atoms with Gasteiger partial charge in [0.2, 0.25) is 0 Å². The first-order valence-electron chi connectivity index (χ1n) is 12.8. The van der Waals surface area contributed by atoms with E-state index in [0.29, 0.717) is 30.9 Å². The maximum absolute atomic E-state index is 12.9. The average molecular weight is 526 g/mol. The number of para-hydroxylation sites is 2. The van der Waals surface area contributed by atoms with Gasteiger partial charge in [0.25, 0.3) is 0 Å². The van der Waals surface area contributed by atoms with E-state index in [1.165, 1.54) is 4.57 Å². The van der Waals surface area contributed by atoms with Gasteiger partial charge in [0.05, 0.1) is 18.1 Å². The van der Waals surface area contributed by atoms with Crippen LogP contribution in [-0.4, -0.2) is 72.2 Å². The van der Waals surface area contributed by atoms with Crippen LogP contribution in [0.2, 0.25) is 0 Å². The molecule has 4 rings (SSSR count). The van der Waals surface area contributed by atoms with E-state index in [-0.39, 0.29) is 18.2 Å². The lowest BCUT2D eigenvalue weighted by Crippen LogP contribution is -2.45. The number of ether oxygens (including phenoxy) is 3. The second-order valence-electron chi connectivity index (χ2n) is 9.33. The Hall–Kier alpha value is -3.99. The van der Waals surface area contributed by atoms with E-state index >= 15 is 0 Å².